The van der Waals surface area contributed by atoms with Gasteiger partial charge in [-0.2, -0.15) is 13.2 Å². The molecule has 1 aromatic carbocycles. The lowest BCUT2D eigenvalue weighted by Crippen LogP contribution is -2.39. The van der Waals surface area contributed by atoms with E-state index < -0.39 is 26.5 Å². The summed E-state index contributed by atoms with van der Waals surface area (Å²) in [7, 11) is -3.32. The lowest BCUT2D eigenvalue weighted by Gasteiger charge is -2.19. The molecular formula is C16H25F3N2O2S. The number of sulfonamides is 1. The van der Waals surface area contributed by atoms with Crippen LogP contribution in [0, 0.1) is 0 Å². The Bertz CT molecular complexity index is 623. The van der Waals surface area contributed by atoms with Gasteiger partial charge < -0.3 is 5.32 Å². The van der Waals surface area contributed by atoms with Crippen molar-refractivity contribution in [2.75, 3.05) is 18.4 Å². The molecule has 0 heterocycles. The topological polar surface area (TPSA) is 58.2 Å². The molecule has 0 atom stereocenters. The summed E-state index contributed by atoms with van der Waals surface area (Å²) in [6.07, 6.45) is -2.15. The maximum atomic E-state index is 12.6. The highest BCUT2D eigenvalue weighted by Crippen LogP contribution is 2.30. The molecule has 0 saturated carbocycles. The number of alkyl halides is 3. The number of benzene rings is 1. The van der Waals surface area contributed by atoms with Crippen molar-refractivity contribution in [3.8, 4) is 0 Å². The smallest absolute Gasteiger partial charge is 0.385 e. The fraction of sp³-hybridized carbons (Fsp3) is 0.625. The molecule has 0 fully saturated rings. The normalized spacial score (nSPS) is 13.1. The largest absolute Gasteiger partial charge is 0.416 e. The van der Waals surface area contributed by atoms with E-state index in [1.807, 2.05) is 0 Å². The zero-order valence-electron chi connectivity index (χ0n) is 14.2. The van der Waals surface area contributed by atoms with Crippen LogP contribution in [-0.4, -0.2) is 26.3 Å². The number of hydrogen-bond donors (Lipinski definition) is 2. The predicted molar refractivity (Wildman–Crippen MR) is 90.5 cm³/mol. The Kier molecular flexibility index (Phi) is 7.10. The highest BCUT2D eigenvalue weighted by molar-refractivity contribution is 7.90. The lowest BCUT2D eigenvalue weighted by atomic mass is 10.2. The van der Waals surface area contributed by atoms with Crippen molar-refractivity contribution in [2.24, 2.45) is 0 Å². The molecule has 0 radical (unpaired) electrons. The molecule has 0 saturated heterocycles. The molecule has 0 aliphatic rings. The molecule has 8 heteroatoms. The summed E-state index contributed by atoms with van der Waals surface area (Å²) in [4.78, 5) is 0. The van der Waals surface area contributed by atoms with Gasteiger partial charge in [-0.25, -0.2) is 13.1 Å². The van der Waals surface area contributed by atoms with Gasteiger partial charge in [0.25, 0.3) is 0 Å². The summed E-state index contributed by atoms with van der Waals surface area (Å²) >= 11 is 0. The summed E-state index contributed by atoms with van der Waals surface area (Å²) < 4.78 is 63.1. The van der Waals surface area contributed by atoms with Gasteiger partial charge in [-0.05, 0) is 51.8 Å². The standard InChI is InChI=1S/C16H25F3N2O2S/c1-15(2,3)24(22,23)21-11-6-4-5-10-20-14-9-7-8-13(12-14)16(17,18)19/h7-9,12,20-21H,4-6,10-11H2,1-3H3. The minimum absolute atomic E-state index is 0.364. The second-order valence-electron chi connectivity index (χ2n) is 6.58. The predicted octanol–water partition coefficient (Wildman–Crippen LogP) is 4.01. The molecule has 1 rings (SSSR count). The summed E-state index contributed by atoms with van der Waals surface area (Å²) in [6, 6.07) is 5.07. The van der Waals surface area contributed by atoms with E-state index in [9.17, 15) is 21.6 Å². The summed E-state index contributed by atoms with van der Waals surface area (Å²) in [5.41, 5.74) is -0.248. The van der Waals surface area contributed by atoms with Crippen LogP contribution in [-0.2, 0) is 16.2 Å². The molecule has 0 amide bonds. The van der Waals surface area contributed by atoms with Crippen molar-refractivity contribution in [2.45, 2.75) is 51.0 Å². The first-order valence-electron chi connectivity index (χ1n) is 7.84. The average molecular weight is 366 g/mol. The van der Waals surface area contributed by atoms with Gasteiger partial charge in [0, 0.05) is 18.8 Å². The van der Waals surface area contributed by atoms with Crippen LogP contribution in [0.3, 0.4) is 0 Å². The van der Waals surface area contributed by atoms with E-state index in [1.54, 1.807) is 26.8 Å². The maximum Gasteiger partial charge on any atom is 0.416 e. The minimum atomic E-state index is -4.35. The maximum absolute atomic E-state index is 12.6. The zero-order valence-corrected chi connectivity index (χ0v) is 15.0. The van der Waals surface area contributed by atoms with Gasteiger partial charge in [0.2, 0.25) is 10.0 Å². The number of unbranched alkanes of at least 4 members (excludes halogenated alkanes) is 2. The third kappa shape index (κ3) is 6.68. The number of hydrogen-bond acceptors (Lipinski definition) is 3. The van der Waals surface area contributed by atoms with Crippen LogP contribution in [0.4, 0.5) is 18.9 Å². The SMILES string of the molecule is CC(C)(C)S(=O)(=O)NCCCCCNc1cccc(C(F)(F)F)c1. The van der Waals surface area contributed by atoms with Crippen molar-refractivity contribution in [3.05, 3.63) is 29.8 Å². The molecule has 0 aromatic heterocycles. The van der Waals surface area contributed by atoms with Gasteiger partial charge in [0.1, 0.15) is 0 Å². The first kappa shape index (κ1) is 20.8. The third-order valence-corrected chi connectivity index (χ3v) is 5.67. The number of rotatable bonds is 8. The van der Waals surface area contributed by atoms with E-state index in [1.165, 1.54) is 6.07 Å². The van der Waals surface area contributed by atoms with Gasteiger partial charge in [-0.15, -0.1) is 0 Å². The van der Waals surface area contributed by atoms with E-state index in [0.29, 0.717) is 25.2 Å². The Morgan fingerprint density at radius 1 is 1.00 bits per heavy atom. The highest BCUT2D eigenvalue weighted by Gasteiger charge is 2.30. The second kappa shape index (κ2) is 8.20. The molecule has 24 heavy (non-hydrogen) atoms. The number of nitrogens with one attached hydrogen (secondary N) is 2. The van der Waals surface area contributed by atoms with Crippen LogP contribution in [0.25, 0.3) is 0 Å². The second-order valence-corrected chi connectivity index (χ2v) is 9.10. The summed E-state index contributed by atoms with van der Waals surface area (Å²) in [5.74, 6) is 0. The van der Waals surface area contributed by atoms with Crippen LogP contribution in [0.1, 0.15) is 45.6 Å². The van der Waals surface area contributed by atoms with E-state index in [0.717, 1.165) is 25.0 Å². The van der Waals surface area contributed by atoms with Crippen molar-refractivity contribution in [1.82, 2.24) is 4.72 Å². The molecule has 2 N–H and O–H groups in total. The Balaban J connectivity index is 2.26. The Morgan fingerprint density at radius 2 is 1.62 bits per heavy atom. The van der Waals surface area contributed by atoms with E-state index in [4.69, 9.17) is 0 Å². The van der Waals surface area contributed by atoms with Gasteiger partial charge in [0.05, 0.1) is 10.3 Å². The fourth-order valence-corrected chi connectivity index (χ4v) is 2.73. The third-order valence-electron chi connectivity index (χ3n) is 3.47. The highest BCUT2D eigenvalue weighted by atomic mass is 32.2. The molecule has 0 spiro atoms. The quantitative estimate of drug-likeness (QED) is 0.684. The molecule has 0 aliphatic carbocycles. The summed E-state index contributed by atoms with van der Waals surface area (Å²) in [5, 5.41) is 2.95. The average Bonchev–Trinajstić information content (AvgIpc) is 2.44. The molecule has 4 nitrogen and oxygen atoms in total. The van der Waals surface area contributed by atoms with E-state index >= 15 is 0 Å². The van der Waals surface area contributed by atoms with Crippen LogP contribution >= 0.6 is 0 Å². The number of halogens is 3. The van der Waals surface area contributed by atoms with Crippen LogP contribution < -0.4 is 10.0 Å². The Morgan fingerprint density at radius 3 is 2.21 bits per heavy atom. The van der Waals surface area contributed by atoms with E-state index in [2.05, 4.69) is 10.0 Å². The summed E-state index contributed by atoms with van der Waals surface area (Å²) in [6.45, 7) is 5.80. The van der Waals surface area contributed by atoms with Crippen molar-refractivity contribution in [3.63, 3.8) is 0 Å². The molecule has 0 bridgehead atoms. The van der Waals surface area contributed by atoms with Crippen LogP contribution in [0.5, 0.6) is 0 Å². The van der Waals surface area contributed by atoms with Crippen LogP contribution in [0.15, 0.2) is 24.3 Å². The van der Waals surface area contributed by atoms with Gasteiger partial charge in [-0.1, -0.05) is 12.5 Å². The monoisotopic (exact) mass is 366 g/mol. The molecule has 138 valence electrons. The first-order valence-corrected chi connectivity index (χ1v) is 9.32. The number of anilines is 1. The zero-order chi connectivity index (χ0) is 18.4. The molecule has 0 aliphatic heterocycles. The van der Waals surface area contributed by atoms with Crippen molar-refractivity contribution >= 4 is 15.7 Å². The first-order chi connectivity index (χ1) is 10.9. The minimum Gasteiger partial charge on any atom is -0.385 e. The van der Waals surface area contributed by atoms with Gasteiger partial charge >= 0.3 is 6.18 Å². The van der Waals surface area contributed by atoms with Gasteiger partial charge in [-0.3, -0.25) is 0 Å². The molecular weight excluding hydrogens is 341 g/mol. The lowest BCUT2D eigenvalue weighted by molar-refractivity contribution is -0.137. The van der Waals surface area contributed by atoms with Gasteiger partial charge in [0.15, 0.2) is 0 Å². The molecule has 1 aromatic rings. The van der Waals surface area contributed by atoms with E-state index in [-0.39, 0.29) is 0 Å². The Hall–Kier alpha value is -1.28. The molecule has 0 unspecified atom stereocenters. The van der Waals surface area contributed by atoms with Crippen molar-refractivity contribution < 1.29 is 21.6 Å². The Labute approximate surface area is 141 Å². The van der Waals surface area contributed by atoms with Crippen molar-refractivity contribution in [1.29, 1.82) is 0 Å². The fourth-order valence-electron chi connectivity index (χ4n) is 1.89. The van der Waals surface area contributed by atoms with Crippen LogP contribution in [0.2, 0.25) is 0 Å².